The van der Waals surface area contributed by atoms with Crippen LogP contribution < -0.4 is 0 Å². The Bertz CT molecular complexity index is 790. The molecule has 3 nitrogen and oxygen atoms in total. The molecule has 0 bridgehead atoms. The minimum atomic E-state index is -0.753. The summed E-state index contributed by atoms with van der Waals surface area (Å²) in [5.41, 5.74) is 3.44. The highest BCUT2D eigenvalue weighted by molar-refractivity contribution is 5.81. The Hall–Kier alpha value is -2.55. The van der Waals surface area contributed by atoms with Gasteiger partial charge in [-0.2, -0.15) is 0 Å². The highest BCUT2D eigenvalue weighted by atomic mass is 16.4. The molecule has 0 radical (unpaired) electrons. The van der Waals surface area contributed by atoms with Gasteiger partial charge >= 0.3 is 5.97 Å². The van der Waals surface area contributed by atoms with E-state index in [2.05, 4.69) is 34.9 Å². The molecule has 0 aliphatic rings. The summed E-state index contributed by atoms with van der Waals surface area (Å²) >= 11 is 0. The summed E-state index contributed by atoms with van der Waals surface area (Å²) in [7, 11) is 0. The van der Waals surface area contributed by atoms with Crippen LogP contribution in [0.3, 0.4) is 0 Å². The smallest absolute Gasteiger partial charge is 0.306 e. The number of aromatic nitrogens is 1. The molecule has 3 rings (SSSR count). The summed E-state index contributed by atoms with van der Waals surface area (Å²) in [5.74, 6) is -1.14. The number of para-hydroxylation sites is 1. The number of aliphatic carboxylic acids is 1. The van der Waals surface area contributed by atoms with Crippen molar-refractivity contribution in [2.24, 2.45) is 5.92 Å². The zero-order chi connectivity index (χ0) is 15.5. The first kappa shape index (κ1) is 14.4. The van der Waals surface area contributed by atoms with Crippen LogP contribution in [0.1, 0.15) is 18.2 Å². The van der Waals surface area contributed by atoms with Crippen molar-refractivity contribution < 1.29 is 9.90 Å². The summed E-state index contributed by atoms with van der Waals surface area (Å²) < 4.78 is 2.23. The van der Waals surface area contributed by atoms with Gasteiger partial charge in [0.2, 0.25) is 0 Å². The molecule has 0 saturated carbocycles. The molecule has 0 aliphatic carbocycles. The van der Waals surface area contributed by atoms with E-state index in [0.717, 1.165) is 23.1 Å². The van der Waals surface area contributed by atoms with Crippen molar-refractivity contribution in [3.63, 3.8) is 0 Å². The van der Waals surface area contributed by atoms with Gasteiger partial charge < -0.3 is 9.67 Å². The molecule has 22 heavy (non-hydrogen) atoms. The number of carboxylic acids is 1. The minimum Gasteiger partial charge on any atom is -0.481 e. The maximum Gasteiger partial charge on any atom is 0.306 e. The first-order valence-corrected chi connectivity index (χ1v) is 7.49. The molecule has 3 aromatic rings. The molecule has 1 aromatic heterocycles. The average Bonchev–Trinajstić information content (AvgIpc) is 2.86. The van der Waals surface area contributed by atoms with Crippen molar-refractivity contribution in [1.82, 2.24) is 4.57 Å². The lowest BCUT2D eigenvalue weighted by atomic mass is 10.1. The van der Waals surface area contributed by atoms with Crippen LogP contribution in [0.15, 0.2) is 60.7 Å². The SMILES string of the molecule is CC(Cc1cc2ccccc2n1Cc1ccccc1)C(=O)O. The van der Waals surface area contributed by atoms with Gasteiger partial charge in [0.15, 0.2) is 0 Å². The number of carboxylic acid groups (broad SMARTS) is 1. The van der Waals surface area contributed by atoms with E-state index >= 15 is 0 Å². The molecule has 1 N–H and O–H groups in total. The maximum absolute atomic E-state index is 11.2. The van der Waals surface area contributed by atoms with Gasteiger partial charge in [0.25, 0.3) is 0 Å². The van der Waals surface area contributed by atoms with Gasteiger partial charge in [-0.3, -0.25) is 4.79 Å². The second-order valence-corrected chi connectivity index (χ2v) is 5.71. The Labute approximate surface area is 129 Å². The van der Waals surface area contributed by atoms with Crippen molar-refractivity contribution in [3.8, 4) is 0 Å². The largest absolute Gasteiger partial charge is 0.481 e. The number of nitrogens with zero attached hydrogens (tertiary/aromatic N) is 1. The topological polar surface area (TPSA) is 42.2 Å². The van der Waals surface area contributed by atoms with Gasteiger partial charge in [-0.05, 0) is 23.1 Å². The van der Waals surface area contributed by atoms with Crippen LogP contribution >= 0.6 is 0 Å². The number of hydrogen-bond donors (Lipinski definition) is 1. The third-order valence-electron chi connectivity index (χ3n) is 4.02. The highest BCUT2D eigenvalue weighted by Gasteiger charge is 2.16. The van der Waals surface area contributed by atoms with Gasteiger partial charge in [0.1, 0.15) is 0 Å². The molecule has 0 aliphatic heterocycles. The lowest BCUT2D eigenvalue weighted by Crippen LogP contribution is -2.15. The van der Waals surface area contributed by atoms with E-state index in [1.165, 1.54) is 5.56 Å². The van der Waals surface area contributed by atoms with Crippen molar-refractivity contribution >= 4 is 16.9 Å². The van der Waals surface area contributed by atoms with Crippen molar-refractivity contribution in [3.05, 3.63) is 71.9 Å². The molecule has 0 amide bonds. The predicted octanol–water partition coefficient (Wildman–Crippen LogP) is 3.95. The van der Waals surface area contributed by atoms with Crippen LogP contribution in [0.5, 0.6) is 0 Å². The Morgan fingerprint density at radius 2 is 1.77 bits per heavy atom. The Morgan fingerprint density at radius 3 is 2.50 bits per heavy atom. The molecule has 1 heterocycles. The third kappa shape index (κ3) is 2.89. The van der Waals surface area contributed by atoms with Crippen LogP contribution in [0, 0.1) is 5.92 Å². The first-order valence-electron chi connectivity index (χ1n) is 7.49. The minimum absolute atomic E-state index is 0.390. The zero-order valence-electron chi connectivity index (χ0n) is 12.6. The van der Waals surface area contributed by atoms with E-state index in [1.54, 1.807) is 6.92 Å². The molecular formula is C19H19NO2. The Kier molecular flexibility index (Phi) is 3.96. The summed E-state index contributed by atoms with van der Waals surface area (Å²) in [6.45, 7) is 2.52. The normalized spacial score (nSPS) is 12.4. The monoisotopic (exact) mass is 293 g/mol. The quantitative estimate of drug-likeness (QED) is 0.774. The van der Waals surface area contributed by atoms with E-state index in [0.29, 0.717) is 6.42 Å². The summed E-state index contributed by atoms with van der Waals surface area (Å²) in [5, 5.41) is 10.3. The number of carbonyl (C=O) groups is 1. The van der Waals surface area contributed by atoms with E-state index in [4.69, 9.17) is 0 Å². The number of hydrogen-bond acceptors (Lipinski definition) is 1. The second kappa shape index (κ2) is 6.06. The number of benzene rings is 2. The second-order valence-electron chi connectivity index (χ2n) is 5.71. The molecular weight excluding hydrogens is 274 g/mol. The van der Waals surface area contributed by atoms with Crippen LogP contribution in [0.25, 0.3) is 10.9 Å². The first-order chi connectivity index (χ1) is 10.6. The van der Waals surface area contributed by atoms with Gasteiger partial charge in [-0.25, -0.2) is 0 Å². The molecule has 0 spiro atoms. The fourth-order valence-electron chi connectivity index (χ4n) is 2.79. The van der Waals surface area contributed by atoms with E-state index in [-0.39, 0.29) is 5.92 Å². The molecule has 0 saturated heterocycles. The maximum atomic E-state index is 11.2. The lowest BCUT2D eigenvalue weighted by Gasteiger charge is -2.13. The van der Waals surface area contributed by atoms with Gasteiger partial charge in [-0.1, -0.05) is 55.5 Å². The highest BCUT2D eigenvalue weighted by Crippen LogP contribution is 2.23. The van der Waals surface area contributed by atoms with E-state index < -0.39 is 5.97 Å². The molecule has 3 heteroatoms. The van der Waals surface area contributed by atoms with Crippen LogP contribution in [-0.4, -0.2) is 15.6 Å². The summed E-state index contributed by atoms with van der Waals surface area (Å²) in [6.07, 6.45) is 0.539. The van der Waals surface area contributed by atoms with Gasteiger partial charge in [-0.15, -0.1) is 0 Å². The summed E-state index contributed by atoms with van der Waals surface area (Å²) in [4.78, 5) is 11.2. The fourth-order valence-corrected chi connectivity index (χ4v) is 2.79. The fraction of sp³-hybridized carbons (Fsp3) is 0.211. The third-order valence-corrected chi connectivity index (χ3v) is 4.02. The molecule has 1 atom stereocenters. The van der Waals surface area contributed by atoms with Crippen molar-refractivity contribution in [1.29, 1.82) is 0 Å². The molecule has 2 aromatic carbocycles. The van der Waals surface area contributed by atoms with Gasteiger partial charge in [0, 0.05) is 24.2 Å². The molecule has 1 unspecified atom stereocenters. The zero-order valence-corrected chi connectivity index (χ0v) is 12.6. The van der Waals surface area contributed by atoms with Gasteiger partial charge in [0.05, 0.1) is 5.92 Å². The van der Waals surface area contributed by atoms with Crippen LogP contribution in [0.2, 0.25) is 0 Å². The van der Waals surface area contributed by atoms with Crippen LogP contribution in [0.4, 0.5) is 0 Å². The van der Waals surface area contributed by atoms with Crippen molar-refractivity contribution in [2.45, 2.75) is 19.9 Å². The predicted molar refractivity (Wildman–Crippen MR) is 88.0 cm³/mol. The Balaban J connectivity index is 2.03. The Morgan fingerprint density at radius 1 is 1.09 bits per heavy atom. The molecule has 112 valence electrons. The van der Waals surface area contributed by atoms with E-state index in [9.17, 15) is 9.90 Å². The summed E-state index contributed by atoms with van der Waals surface area (Å²) in [6, 6.07) is 20.6. The standard InChI is InChI=1S/C19H19NO2/c1-14(19(21)22)11-17-12-16-9-5-6-10-18(16)20(17)13-15-7-3-2-4-8-15/h2-10,12,14H,11,13H2,1H3,(H,21,22). The van der Waals surface area contributed by atoms with E-state index in [1.807, 2.05) is 30.3 Å². The lowest BCUT2D eigenvalue weighted by molar-refractivity contribution is -0.141. The van der Waals surface area contributed by atoms with Crippen molar-refractivity contribution in [2.75, 3.05) is 0 Å². The number of fused-ring (bicyclic) bond motifs is 1. The molecule has 0 fully saturated rings. The average molecular weight is 293 g/mol. The van der Waals surface area contributed by atoms with Crippen LogP contribution in [-0.2, 0) is 17.8 Å². The number of rotatable bonds is 5.